The zero-order valence-electron chi connectivity index (χ0n) is 7.71. The molecule has 5 heteroatoms. The molecule has 0 aromatic carbocycles. The topological polar surface area (TPSA) is 34.1 Å². The zero-order chi connectivity index (χ0) is 9.68. The number of hydrogen-bond donors (Lipinski definition) is 1. The van der Waals surface area contributed by atoms with Gasteiger partial charge in [-0.3, -0.25) is 0 Å². The van der Waals surface area contributed by atoms with E-state index in [0.29, 0.717) is 13.2 Å². The van der Waals surface area contributed by atoms with Crippen LogP contribution in [0.3, 0.4) is 0 Å². The summed E-state index contributed by atoms with van der Waals surface area (Å²) in [6.45, 7) is 3.20. The molecule has 0 saturated carbocycles. The van der Waals surface area contributed by atoms with Crippen molar-refractivity contribution < 1.29 is 4.74 Å². The number of nitrogens with one attached hydrogen (secondary N) is 1. The first-order valence-electron chi connectivity index (χ1n) is 4.01. The number of halogens is 1. The lowest BCUT2D eigenvalue weighted by Gasteiger charge is -2.07. The molecule has 1 heterocycles. The Morgan fingerprint density at radius 2 is 2.54 bits per heavy atom. The number of rotatable bonds is 5. The van der Waals surface area contributed by atoms with E-state index in [9.17, 15) is 0 Å². The van der Waals surface area contributed by atoms with Gasteiger partial charge in [0.15, 0.2) is 5.13 Å². The Kier molecular flexibility index (Phi) is 4.48. The molecular weight excluding hydrogens is 208 g/mol. The molecule has 1 N–H and O–H groups in total. The van der Waals surface area contributed by atoms with Crippen LogP contribution in [0.5, 0.6) is 0 Å². The predicted molar refractivity (Wildman–Crippen MR) is 56.9 cm³/mol. The Morgan fingerprint density at radius 1 is 1.77 bits per heavy atom. The second kappa shape index (κ2) is 5.42. The number of aryl methyl sites for hydroxylation is 1. The first kappa shape index (κ1) is 10.8. The van der Waals surface area contributed by atoms with Crippen LogP contribution < -0.4 is 5.32 Å². The number of aromatic nitrogens is 1. The maximum absolute atomic E-state index is 5.93. The average molecular weight is 221 g/mol. The van der Waals surface area contributed by atoms with Crippen molar-refractivity contribution in [1.29, 1.82) is 0 Å². The largest absolute Gasteiger partial charge is 0.383 e. The third kappa shape index (κ3) is 3.93. The van der Waals surface area contributed by atoms with Crippen LogP contribution in [0.25, 0.3) is 0 Å². The summed E-state index contributed by atoms with van der Waals surface area (Å²) in [4.78, 5) is 4.25. The molecule has 0 spiro atoms. The van der Waals surface area contributed by atoms with Crippen molar-refractivity contribution >= 4 is 28.1 Å². The van der Waals surface area contributed by atoms with Crippen LogP contribution in [0.4, 0.5) is 5.13 Å². The fraction of sp³-hybridized carbons (Fsp3) is 0.625. The molecule has 0 radical (unpaired) electrons. The van der Waals surface area contributed by atoms with Gasteiger partial charge in [-0.25, -0.2) is 4.98 Å². The van der Waals surface area contributed by atoms with Gasteiger partial charge in [-0.1, -0.05) is 0 Å². The molecule has 3 nitrogen and oxygen atoms in total. The van der Waals surface area contributed by atoms with Crippen molar-refractivity contribution in [3.05, 3.63) is 11.1 Å². The quantitative estimate of drug-likeness (QED) is 0.772. The SMILES string of the molecule is COCC(Cl)CNc1nc(C)cs1. The summed E-state index contributed by atoms with van der Waals surface area (Å²) in [6, 6.07) is 0. The van der Waals surface area contributed by atoms with Crippen molar-refractivity contribution in [2.45, 2.75) is 12.3 Å². The molecule has 1 unspecified atom stereocenters. The molecule has 1 rings (SSSR count). The van der Waals surface area contributed by atoms with Gasteiger partial charge in [-0.15, -0.1) is 22.9 Å². The third-order valence-corrected chi connectivity index (χ3v) is 2.64. The van der Waals surface area contributed by atoms with Crippen LogP contribution in [-0.4, -0.2) is 30.6 Å². The summed E-state index contributed by atoms with van der Waals surface area (Å²) in [7, 11) is 1.64. The number of alkyl halides is 1. The smallest absolute Gasteiger partial charge is 0.182 e. The van der Waals surface area contributed by atoms with E-state index in [1.165, 1.54) is 0 Å². The lowest BCUT2D eigenvalue weighted by atomic mass is 10.4. The Balaban J connectivity index is 2.26. The standard InChI is InChI=1S/C8H13ClN2OS/c1-6-5-13-8(11-6)10-3-7(9)4-12-2/h5,7H,3-4H2,1-2H3,(H,10,11). The van der Waals surface area contributed by atoms with Gasteiger partial charge in [0.2, 0.25) is 0 Å². The van der Waals surface area contributed by atoms with E-state index in [1.807, 2.05) is 12.3 Å². The van der Waals surface area contributed by atoms with Crippen LogP contribution >= 0.6 is 22.9 Å². The molecule has 0 bridgehead atoms. The number of thiazole rings is 1. The molecular formula is C8H13ClN2OS. The van der Waals surface area contributed by atoms with Gasteiger partial charge < -0.3 is 10.1 Å². The summed E-state index contributed by atoms with van der Waals surface area (Å²) in [5.41, 5.74) is 1.03. The Hall–Kier alpha value is -0.320. The van der Waals surface area contributed by atoms with Gasteiger partial charge in [0.05, 0.1) is 17.7 Å². The highest BCUT2D eigenvalue weighted by Gasteiger charge is 2.04. The molecule has 1 aromatic heterocycles. The van der Waals surface area contributed by atoms with Crippen molar-refractivity contribution in [1.82, 2.24) is 4.98 Å². The van der Waals surface area contributed by atoms with E-state index in [-0.39, 0.29) is 5.38 Å². The van der Waals surface area contributed by atoms with E-state index in [0.717, 1.165) is 10.8 Å². The van der Waals surface area contributed by atoms with Gasteiger partial charge in [-0.05, 0) is 6.92 Å². The number of anilines is 1. The Labute approximate surface area is 87.1 Å². The van der Waals surface area contributed by atoms with Gasteiger partial charge in [-0.2, -0.15) is 0 Å². The normalized spacial score (nSPS) is 12.8. The van der Waals surface area contributed by atoms with Crippen molar-refractivity contribution in [3.63, 3.8) is 0 Å². The van der Waals surface area contributed by atoms with E-state index >= 15 is 0 Å². The van der Waals surface area contributed by atoms with Gasteiger partial charge in [0.1, 0.15) is 0 Å². The number of methoxy groups -OCH3 is 1. The van der Waals surface area contributed by atoms with Gasteiger partial charge in [0, 0.05) is 19.0 Å². The molecule has 74 valence electrons. The first-order valence-corrected chi connectivity index (χ1v) is 5.33. The number of hydrogen-bond acceptors (Lipinski definition) is 4. The fourth-order valence-electron chi connectivity index (χ4n) is 0.873. The maximum atomic E-state index is 5.93. The zero-order valence-corrected chi connectivity index (χ0v) is 9.28. The summed E-state index contributed by atoms with van der Waals surface area (Å²) in [6.07, 6.45) is 0. The second-order valence-electron chi connectivity index (χ2n) is 2.73. The van der Waals surface area contributed by atoms with Crippen LogP contribution in [0, 0.1) is 6.92 Å². The summed E-state index contributed by atoms with van der Waals surface area (Å²) >= 11 is 7.51. The molecule has 0 aliphatic carbocycles. The average Bonchev–Trinajstić information content (AvgIpc) is 2.49. The molecule has 0 amide bonds. The van der Waals surface area contributed by atoms with Crippen molar-refractivity contribution in [2.24, 2.45) is 0 Å². The molecule has 0 aliphatic rings. The lowest BCUT2D eigenvalue weighted by molar-refractivity contribution is 0.200. The molecule has 0 aliphatic heterocycles. The molecule has 1 atom stereocenters. The highest BCUT2D eigenvalue weighted by molar-refractivity contribution is 7.13. The Morgan fingerprint density at radius 3 is 3.08 bits per heavy atom. The number of ether oxygens (including phenoxy) is 1. The lowest BCUT2D eigenvalue weighted by Crippen LogP contribution is -2.18. The predicted octanol–water partition coefficient (Wildman–Crippen LogP) is 2.12. The van der Waals surface area contributed by atoms with Gasteiger partial charge >= 0.3 is 0 Å². The third-order valence-electron chi connectivity index (χ3n) is 1.44. The van der Waals surface area contributed by atoms with E-state index in [4.69, 9.17) is 16.3 Å². The maximum Gasteiger partial charge on any atom is 0.182 e. The highest BCUT2D eigenvalue weighted by atomic mass is 35.5. The molecule has 0 saturated heterocycles. The molecule has 1 aromatic rings. The summed E-state index contributed by atoms with van der Waals surface area (Å²) in [5.74, 6) is 0. The Bertz CT molecular complexity index is 254. The van der Waals surface area contributed by atoms with Gasteiger partial charge in [0.25, 0.3) is 0 Å². The fourth-order valence-corrected chi connectivity index (χ4v) is 1.77. The van der Waals surface area contributed by atoms with E-state index in [1.54, 1.807) is 18.4 Å². The highest BCUT2D eigenvalue weighted by Crippen LogP contribution is 2.14. The second-order valence-corrected chi connectivity index (χ2v) is 4.20. The van der Waals surface area contributed by atoms with Crippen LogP contribution in [0.1, 0.15) is 5.69 Å². The van der Waals surface area contributed by atoms with Crippen molar-refractivity contribution in [3.8, 4) is 0 Å². The van der Waals surface area contributed by atoms with Crippen LogP contribution in [0.2, 0.25) is 0 Å². The summed E-state index contributed by atoms with van der Waals surface area (Å²) in [5, 5.41) is 6.06. The minimum Gasteiger partial charge on any atom is -0.383 e. The molecule has 13 heavy (non-hydrogen) atoms. The minimum atomic E-state index is -0.00536. The first-order chi connectivity index (χ1) is 6.22. The van der Waals surface area contributed by atoms with E-state index in [2.05, 4.69) is 10.3 Å². The molecule has 0 fully saturated rings. The van der Waals surface area contributed by atoms with E-state index < -0.39 is 0 Å². The number of nitrogens with zero attached hydrogens (tertiary/aromatic N) is 1. The van der Waals surface area contributed by atoms with Crippen LogP contribution in [-0.2, 0) is 4.74 Å². The van der Waals surface area contributed by atoms with Crippen molar-refractivity contribution in [2.75, 3.05) is 25.6 Å². The van der Waals surface area contributed by atoms with Crippen LogP contribution in [0.15, 0.2) is 5.38 Å². The monoisotopic (exact) mass is 220 g/mol. The summed E-state index contributed by atoms with van der Waals surface area (Å²) < 4.78 is 4.91. The minimum absolute atomic E-state index is 0.00536.